The van der Waals surface area contributed by atoms with Crippen LogP contribution in [0.1, 0.15) is 39.6 Å². The third-order valence-electron chi connectivity index (χ3n) is 5.62. The van der Waals surface area contributed by atoms with Gasteiger partial charge in [-0.15, -0.1) is 0 Å². The van der Waals surface area contributed by atoms with Gasteiger partial charge in [0.2, 0.25) is 0 Å². The molecule has 0 radical (unpaired) electrons. The molecule has 2 N–H and O–H groups in total. The molecule has 1 heterocycles. The SMILES string of the molecule is Cc1cc(Cl)ccc1CCNC(=O)c1ccc(Oc2cc3c(cc2Cl)C(OC(=O)O)CCO3)cc1. The molecule has 4 rings (SSSR count). The van der Waals surface area contributed by atoms with Crippen LogP contribution in [0, 0.1) is 6.92 Å². The molecule has 7 nitrogen and oxygen atoms in total. The van der Waals surface area contributed by atoms with Gasteiger partial charge < -0.3 is 24.6 Å². The van der Waals surface area contributed by atoms with Crippen LogP contribution in [0.4, 0.5) is 4.79 Å². The summed E-state index contributed by atoms with van der Waals surface area (Å²) >= 11 is 12.4. The van der Waals surface area contributed by atoms with Crippen LogP contribution in [0.2, 0.25) is 10.0 Å². The highest BCUT2D eigenvalue weighted by molar-refractivity contribution is 6.32. The van der Waals surface area contributed by atoms with E-state index < -0.39 is 12.3 Å². The first-order valence-corrected chi connectivity index (χ1v) is 11.7. The number of ether oxygens (including phenoxy) is 3. The molecule has 0 bridgehead atoms. The van der Waals surface area contributed by atoms with Gasteiger partial charge in [0.25, 0.3) is 5.91 Å². The summed E-state index contributed by atoms with van der Waals surface area (Å²) in [5.41, 5.74) is 3.27. The van der Waals surface area contributed by atoms with Crippen molar-refractivity contribution in [1.29, 1.82) is 0 Å². The lowest BCUT2D eigenvalue weighted by atomic mass is 10.0. The Hall–Kier alpha value is -3.42. The second kappa shape index (κ2) is 10.9. The number of hydrogen-bond donors (Lipinski definition) is 2. The molecular formula is C26H23Cl2NO6. The summed E-state index contributed by atoms with van der Waals surface area (Å²) in [6.45, 7) is 2.80. The van der Waals surface area contributed by atoms with E-state index in [9.17, 15) is 9.59 Å². The number of aryl methyl sites for hydroxylation is 1. The van der Waals surface area contributed by atoms with Crippen molar-refractivity contribution >= 4 is 35.3 Å². The predicted octanol–water partition coefficient (Wildman–Crippen LogP) is 6.58. The quantitative estimate of drug-likeness (QED) is 0.345. The van der Waals surface area contributed by atoms with E-state index in [0.29, 0.717) is 59.4 Å². The Kier molecular flexibility index (Phi) is 7.68. The molecule has 0 saturated heterocycles. The van der Waals surface area contributed by atoms with Gasteiger partial charge in [0.15, 0.2) is 0 Å². The number of benzene rings is 3. The largest absolute Gasteiger partial charge is 0.506 e. The third kappa shape index (κ3) is 6.18. The standard InChI is InChI=1S/C26H23Cl2NO6/c1-15-12-18(27)5-2-16(15)8-10-29-25(30)17-3-6-19(7-4-17)34-24-14-23-20(13-21(24)28)22(9-11-33-23)35-26(31)32/h2-7,12-14,22H,8-11H2,1H3,(H,29,30)(H,31,32). The number of carboxylic acid groups (broad SMARTS) is 1. The van der Waals surface area contributed by atoms with Crippen LogP contribution in [0.15, 0.2) is 54.6 Å². The maximum absolute atomic E-state index is 12.5. The molecule has 1 amide bonds. The zero-order chi connectivity index (χ0) is 24.9. The highest BCUT2D eigenvalue weighted by atomic mass is 35.5. The Morgan fingerprint density at radius 3 is 2.60 bits per heavy atom. The van der Waals surface area contributed by atoms with Crippen LogP contribution >= 0.6 is 23.2 Å². The fraction of sp³-hybridized carbons (Fsp3) is 0.231. The highest BCUT2D eigenvalue weighted by Crippen LogP contribution is 2.42. The molecule has 35 heavy (non-hydrogen) atoms. The normalized spacial score (nSPS) is 14.4. The Bertz CT molecular complexity index is 1250. The van der Waals surface area contributed by atoms with Crippen molar-refractivity contribution in [2.75, 3.05) is 13.2 Å². The molecule has 0 aromatic heterocycles. The summed E-state index contributed by atoms with van der Waals surface area (Å²) in [5, 5.41) is 12.8. The van der Waals surface area contributed by atoms with E-state index in [1.54, 1.807) is 36.4 Å². The van der Waals surface area contributed by atoms with Crippen molar-refractivity contribution in [3.63, 3.8) is 0 Å². The lowest BCUT2D eigenvalue weighted by molar-refractivity contribution is 0.0326. The first-order valence-electron chi connectivity index (χ1n) is 11.0. The molecule has 3 aromatic rings. The predicted molar refractivity (Wildman–Crippen MR) is 132 cm³/mol. The summed E-state index contributed by atoms with van der Waals surface area (Å²) in [6.07, 6.45) is -0.904. The van der Waals surface area contributed by atoms with E-state index in [1.807, 2.05) is 25.1 Å². The Balaban J connectivity index is 1.37. The molecular weight excluding hydrogens is 493 g/mol. The summed E-state index contributed by atoms with van der Waals surface area (Å²) in [7, 11) is 0. The van der Waals surface area contributed by atoms with Crippen molar-refractivity contribution in [3.05, 3.63) is 86.9 Å². The molecule has 0 saturated carbocycles. The van der Waals surface area contributed by atoms with E-state index in [4.69, 9.17) is 42.5 Å². The van der Waals surface area contributed by atoms with E-state index in [-0.39, 0.29) is 10.9 Å². The monoisotopic (exact) mass is 515 g/mol. The van der Waals surface area contributed by atoms with Crippen LogP contribution in [0.25, 0.3) is 0 Å². The van der Waals surface area contributed by atoms with Gasteiger partial charge in [-0.3, -0.25) is 4.79 Å². The third-order valence-corrected chi connectivity index (χ3v) is 6.15. The minimum absolute atomic E-state index is 0.187. The maximum Gasteiger partial charge on any atom is 0.506 e. The lowest BCUT2D eigenvalue weighted by Gasteiger charge is -2.25. The van der Waals surface area contributed by atoms with Crippen LogP contribution in [0.5, 0.6) is 17.2 Å². The Morgan fingerprint density at radius 1 is 1.11 bits per heavy atom. The van der Waals surface area contributed by atoms with Crippen molar-refractivity contribution in [1.82, 2.24) is 5.32 Å². The molecule has 1 unspecified atom stereocenters. The topological polar surface area (TPSA) is 94.1 Å². The maximum atomic E-state index is 12.5. The number of hydrogen-bond acceptors (Lipinski definition) is 5. The summed E-state index contributed by atoms with van der Waals surface area (Å²) in [4.78, 5) is 23.4. The molecule has 1 atom stereocenters. The fourth-order valence-electron chi connectivity index (χ4n) is 3.83. The molecule has 0 fully saturated rings. The van der Waals surface area contributed by atoms with Crippen molar-refractivity contribution in [3.8, 4) is 17.2 Å². The summed E-state index contributed by atoms with van der Waals surface area (Å²) in [5.74, 6) is 1.09. The van der Waals surface area contributed by atoms with Crippen molar-refractivity contribution < 1.29 is 28.9 Å². The lowest BCUT2D eigenvalue weighted by Crippen LogP contribution is -2.25. The average molecular weight is 516 g/mol. The first-order chi connectivity index (χ1) is 16.8. The van der Waals surface area contributed by atoms with Gasteiger partial charge >= 0.3 is 6.16 Å². The van der Waals surface area contributed by atoms with Gasteiger partial charge in [-0.2, -0.15) is 0 Å². The molecule has 1 aliphatic heterocycles. The van der Waals surface area contributed by atoms with Crippen LogP contribution in [0.3, 0.4) is 0 Å². The Morgan fingerprint density at radius 2 is 1.89 bits per heavy atom. The van der Waals surface area contributed by atoms with E-state index in [0.717, 1.165) is 11.1 Å². The van der Waals surface area contributed by atoms with Crippen LogP contribution in [-0.2, 0) is 11.2 Å². The molecule has 3 aromatic carbocycles. The van der Waals surface area contributed by atoms with Crippen LogP contribution < -0.4 is 14.8 Å². The van der Waals surface area contributed by atoms with Crippen molar-refractivity contribution in [2.45, 2.75) is 25.9 Å². The average Bonchev–Trinajstić information content (AvgIpc) is 2.81. The Labute approximate surface area is 212 Å². The van der Waals surface area contributed by atoms with Gasteiger partial charge in [0, 0.05) is 35.2 Å². The van der Waals surface area contributed by atoms with Gasteiger partial charge in [-0.05, 0) is 66.9 Å². The number of halogens is 2. The zero-order valence-corrected chi connectivity index (χ0v) is 20.4. The molecule has 1 aliphatic rings. The molecule has 9 heteroatoms. The summed E-state index contributed by atoms with van der Waals surface area (Å²) < 4.78 is 16.4. The number of amides is 1. The van der Waals surface area contributed by atoms with Gasteiger partial charge in [0.1, 0.15) is 23.4 Å². The number of rotatable bonds is 7. The van der Waals surface area contributed by atoms with Crippen LogP contribution in [-0.4, -0.2) is 30.3 Å². The number of fused-ring (bicyclic) bond motifs is 1. The zero-order valence-electron chi connectivity index (χ0n) is 18.8. The molecule has 182 valence electrons. The molecule has 0 spiro atoms. The number of carbonyl (C=O) groups excluding carboxylic acids is 1. The van der Waals surface area contributed by atoms with E-state index in [2.05, 4.69) is 5.32 Å². The second-order valence-corrected chi connectivity index (χ2v) is 8.88. The van der Waals surface area contributed by atoms with E-state index in [1.165, 1.54) is 0 Å². The van der Waals surface area contributed by atoms with E-state index >= 15 is 0 Å². The first kappa shape index (κ1) is 24.7. The molecule has 0 aliphatic carbocycles. The smallest absolute Gasteiger partial charge is 0.493 e. The minimum Gasteiger partial charge on any atom is -0.493 e. The minimum atomic E-state index is -1.36. The highest BCUT2D eigenvalue weighted by Gasteiger charge is 2.27. The van der Waals surface area contributed by atoms with Gasteiger partial charge in [0.05, 0.1) is 11.6 Å². The van der Waals surface area contributed by atoms with Crippen molar-refractivity contribution in [2.24, 2.45) is 0 Å². The van der Waals surface area contributed by atoms with Gasteiger partial charge in [-0.25, -0.2) is 4.79 Å². The summed E-state index contributed by atoms with van der Waals surface area (Å²) in [6, 6.07) is 15.6. The number of nitrogens with one attached hydrogen (secondary N) is 1. The second-order valence-electron chi connectivity index (χ2n) is 8.03. The van der Waals surface area contributed by atoms with Gasteiger partial charge in [-0.1, -0.05) is 29.3 Å². The fourth-order valence-corrected chi connectivity index (χ4v) is 4.27. The number of carbonyl (C=O) groups is 2.